The number of para-hydroxylation sites is 1. The number of nitro groups is 1. The van der Waals surface area contributed by atoms with E-state index in [9.17, 15) is 23.3 Å². The van der Waals surface area contributed by atoms with E-state index < -0.39 is 31.4 Å². The Kier molecular flexibility index (Phi) is 13.4. The van der Waals surface area contributed by atoms with E-state index in [0.29, 0.717) is 60.6 Å². The number of anilines is 1. The van der Waals surface area contributed by atoms with Crippen molar-refractivity contribution in [3.05, 3.63) is 117 Å². The average Bonchev–Trinajstić information content (AvgIpc) is 3.79. The van der Waals surface area contributed by atoms with Gasteiger partial charge in [0.15, 0.2) is 11.5 Å². The molecule has 17 heteroatoms. The van der Waals surface area contributed by atoms with Crippen molar-refractivity contribution in [3.63, 3.8) is 0 Å². The number of nitro benzene ring substituents is 1. The van der Waals surface area contributed by atoms with Crippen molar-refractivity contribution in [2.75, 3.05) is 57.3 Å². The van der Waals surface area contributed by atoms with Gasteiger partial charge in [-0.1, -0.05) is 49.2 Å². The summed E-state index contributed by atoms with van der Waals surface area (Å²) in [4.78, 5) is 37.6. The minimum absolute atomic E-state index is 0.0257. The number of sulfonamides is 1. The van der Waals surface area contributed by atoms with E-state index >= 15 is 0 Å². The average molecular weight is 939 g/mol. The number of halogens is 1. The maximum absolute atomic E-state index is 14.2. The summed E-state index contributed by atoms with van der Waals surface area (Å²) in [5.41, 5.74) is 4.97. The van der Waals surface area contributed by atoms with Crippen LogP contribution in [-0.4, -0.2) is 98.7 Å². The molecular formula is C49H56ClN7O8S. The largest absolute Gasteiger partial charge is 0.484 e. The number of aromatic amines is 1. The SMILES string of the molecule is CC1(C)CCC(CN2CCN(c3cccc(C(=O)NS(=O)(=O)c4ccc(OC5CCC(C6CNCCO6)CC5)c([N+](=O)[O-])c4)c3Oc3cnc4[nH]ccc4c3)CC2)=C(c2ccc(Cl)cc2)C1. The molecule has 0 bridgehead atoms. The summed E-state index contributed by atoms with van der Waals surface area (Å²) in [7, 11) is -4.62. The summed E-state index contributed by atoms with van der Waals surface area (Å²) >= 11 is 6.26. The van der Waals surface area contributed by atoms with Crippen LogP contribution in [-0.2, 0) is 14.8 Å². The standard InChI is InChI=1S/C49H56ClN7O8S/c1-49(2)18-16-35(41(28-49)32-6-10-36(50)11-7-32)31-55-21-23-56(24-22-55)42-5-3-4-40(46(42)65-38-26-34-17-19-52-47(34)53-29-38)48(58)54-66(61,62)39-14-15-44(43(27-39)57(59)60)64-37-12-8-33(9-13-37)45-30-51-20-25-63-45/h3-7,10-11,14-15,17,19,26-27,29,33,37,45,51H,8-9,12-13,16,18,20-25,28,30-31H2,1-2H3,(H,52,53)(H,54,58). The lowest BCUT2D eigenvalue weighted by atomic mass is 9.72. The molecule has 2 aromatic heterocycles. The Labute approximate surface area is 390 Å². The number of ether oxygens (including phenoxy) is 3. The predicted molar refractivity (Wildman–Crippen MR) is 254 cm³/mol. The molecule has 4 aliphatic rings. The Hall–Kier alpha value is -5.52. The minimum Gasteiger partial charge on any atom is -0.484 e. The number of piperazine rings is 1. The molecule has 4 heterocycles. The summed E-state index contributed by atoms with van der Waals surface area (Å²) in [6, 6.07) is 20.3. The molecule has 0 radical (unpaired) electrons. The van der Waals surface area contributed by atoms with Gasteiger partial charge >= 0.3 is 5.69 Å². The van der Waals surface area contributed by atoms with Gasteiger partial charge in [0.2, 0.25) is 0 Å². The van der Waals surface area contributed by atoms with Gasteiger partial charge in [-0.3, -0.25) is 19.8 Å². The van der Waals surface area contributed by atoms with Crippen molar-refractivity contribution in [2.45, 2.75) is 75.9 Å². The molecule has 3 aromatic carbocycles. The van der Waals surface area contributed by atoms with Crippen molar-refractivity contribution < 1.29 is 32.3 Å². The molecule has 3 fully saturated rings. The molecular weight excluding hydrogens is 882 g/mol. The number of fused-ring (bicyclic) bond motifs is 1. The first-order valence-corrected chi connectivity index (χ1v) is 24.7. The van der Waals surface area contributed by atoms with Gasteiger partial charge in [-0.15, -0.1) is 0 Å². The van der Waals surface area contributed by atoms with Crippen molar-refractivity contribution in [1.82, 2.24) is 24.9 Å². The highest BCUT2D eigenvalue weighted by Crippen LogP contribution is 2.44. The number of nitrogens with one attached hydrogen (secondary N) is 3. The first-order chi connectivity index (χ1) is 31.8. The maximum Gasteiger partial charge on any atom is 0.312 e. The number of amides is 1. The third-order valence-electron chi connectivity index (χ3n) is 13.5. The zero-order valence-electron chi connectivity index (χ0n) is 37.3. The Morgan fingerprint density at radius 2 is 1.82 bits per heavy atom. The second kappa shape index (κ2) is 19.4. The lowest BCUT2D eigenvalue weighted by molar-refractivity contribution is -0.386. The second-order valence-corrected chi connectivity index (χ2v) is 20.7. The van der Waals surface area contributed by atoms with Crippen LogP contribution in [0.4, 0.5) is 11.4 Å². The Morgan fingerprint density at radius 3 is 2.56 bits per heavy atom. The topological polar surface area (TPSA) is 181 Å². The number of morpholine rings is 1. The number of aromatic nitrogens is 2. The molecule has 1 amide bonds. The van der Waals surface area contributed by atoms with Crippen molar-refractivity contribution in [3.8, 4) is 17.2 Å². The van der Waals surface area contributed by atoms with Gasteiger partial charge in [0.05, 0.1) is 46.1 Å². The number of hydrogen-bond acceptors (Lipinski definition) is 12. The van der Waals surface area contributed by atoms with E-state index in [4.69, 9.17) is 25.8 Å². The number of hydrogen-bond donors (Lipinski definition) is 3. The van der Waals surface area contributed by atoms with Crippen molar-refractivity contribution in [2.24, 2.45) is 11.3 Å². The smallest absolute Gasteiger partial charge is 0.312 e. The zero-order chi connectivity index (χ0) is 46.0. The van der Waals surface area contributed by atoms with E-state index in [-0.39, 0.29) is 34.7 Å². The van der Waals surface area contributed by atoms with E-state index in [1.807, 2.05) is 24.3 Å². The van der Waals surface area contributed by atoms with Crippen LogP contribution in [0.3, 0.4) is 0 Å². The quantitative estimate of drug-likeness (QED) is 0.0756. The Balaban J connectivity index is 0.930. The summed E-state index contributed by atoms with van der Waals surface area (Å²) in [5, 5.41) is 17.2. The molecule has 66 heavy (non-hydrogen) atoms. The van der Waals surface area contributed by atoms with Gasteiger partial charge in [-0.2, -0.15) is 0 Å². The predicted octanol–water partition coefficient (Wildman–Crippen LogP) is 8.75. The molecule has 1 unspecified atom stereocenters. The lowest BCUT2D eigenvalue weighted by Gasteiger charge is -2.39. The molecule has 348 valence electrons. The van der Waals surface area contributed by atoms with Crippen LogP contribution in [0.25, 0.3) is 16.6 Å². The fourth-order valence-electron chi connectivity index (χ4n) is 9.82. The summed E-state index contributed by atoms with van der Waals surface area (Å²) in [5.74, 6) is -0.0978. The molecule has 1 saturated carbocycles. The van der Waals surface area contributed by atoms with Gasteiger partial charge < -0.3 is 29.4 Å². The van der Waals surface area contributed by atoms with Crippen LogP contribution in [0.1, 0.15) is 74.7 Å². The van der Waals surface area contributed by atoms with E-state index in [0.717, 1.165) is 76.3 Å². The molecule has 3 N–H and O–H groups in total. The van der Waals surface area contributed by atoms with Crippen LogP contribution in [0.15, 0.2) is 95.7 Å². The van der Waals surface area contributed by atoms with E-state index in [1.165, 1.54) is 34.9 Å². The fraction of sp³-hybridized carbons (Fsp3) is 0.429. The van der Waals surface area contributed by atoms with Crippen LogP contribution in [0.5, 0.6) is 17.2 Å². The number of allylic oxidation sites excluding steroid dienone is 1. The summed E-state index contributed by atoms with van der Waals surface area (Å²) in [6.45, 7) is 10.5. The van der Waals surface area contributed by atoms with Gasteiger partial charge in [0.25, 0.3) is 15.9 Å². The van der Waals surface area contributed by atoms with Crippen molar-refractivity contribution in [1.29, 1.82) is 0 Å². The second-order valence-electron chi connectivity index (χ2n) is 18.6. The van der Waals surface area contributed by atoms with Gasteiger partial charge in [0, 0.05) is 68.5 Å². The van der Waals surface area contributed by atoms with E-state index in [1.54, 1.807) is 24.5 Å². The highest BCUT2D eigenvalue weighted by Gasteiger charge is 2.34. The number of pyridine rings is 1. The molecule has 2 aliphatic carbocycles. The number of rotatable bonds is 13. The van der Waals surface area contributed by atoms with Gasteiger partial charge in [-0.25, -0.2) is 18.1 Å². The zero-order valence-corrected chi connectivity index (χ0v) is 38.8. The number of benzene rings is 3. The summed E-state index contributed by atoms with van der Waals surface area (Å²) < 4.78 is 48.6. The van der Waals surface area contributed by atoms with Crippen LogP contribution in [0, 0.1) is 21.4 Å². The number of carbonyl (C=O) groups excluding carboxylic acids is 1. The highest BCUT2D eigenvalue weighted by molar-refractivity contribution is 7.90. The van der Waals surface area contributed by atoms with Crippen molar-refractivity contribution >= 4 is 55.5 Å². The third kappa shape index (κ3) is 10.4. The maximum atomic E-state index is 14.2. The molecule has 2 aliphatic heterocycles. The minimum atomic E-state index is -4.62. The van der Waals surface area contributed by atoms with Crippen LogP contribution < -0.4 is 24.4 Å². The number of carbonyl (C=O) groups is 1. The Bertz CT molecular complexity index is 2720. The molecule has 0 spiro atoms. The Morgan fingerprint density at radius 1 is 1.03 bits per heavy atom. The summed E-state index contributed by atoms with van der Waals surface area (Å²) in [6.07, 6.45) is 9.39. The van der Waals surface area contributed by atoms with E-state index in [2.05, 4.69) is 55.8 Å². The number of H-pyrrole nitrogens is 1. The lowest BCUT2D eigenvalue weighted by Crippen LogP contribution is -2.47. The van der Waals surface area contributed by atoms with Crippen LogP contribution >= 0.6 is 11.6 Å². The first kappa shape index (κ1) is 45.6. The third-order valence-corrected chi connectivity index (χ3v) is 15.1. The monoisotopic (exact) mass is 937 g/mol. The fourth-order valence-corrected chi connectivity index (χ4v) is 10.9. The molecule has 9 rings (SSSR count). The number of nitrogens with zero attached hydrogens (tertiary/aromatic N) is 4. The normalized spacial score (nSPS) is 21.7. The molecule has 2 saturated heterocycles. The molecule has 5 aromatic rings. The first-order valence-electron chi connectivity index (χ1n) is 22.8. The van der Waals surface area contributed by atoms with Gasteiger partial charge in [0.1, 0.15) is 11.4 Å². The molecule has 1 atom stereocenters. The van der Waals surface area contributed by atoms with Crippen LogP contribution in [0.2, 0.25) is 5.02 Å². The highest BCUT2D eigenvalue weighted by atomic mass is 35.5. The van der Waals surface area contributed by atoms with Gasteiger partial charge in [-0.05, 0) is 116 Å². The molecule has 15 nitrogen and oxygen atoms in total.